The Labute approximate surface area is 88.9 Å². The first-order valence-corrected chi connectivity index (χ1v) is 4.42. The van der Waals surface area contributed by atoms with Crippen LogP contribution in [0.3, 0.4) is 0 Å². The number of hydrogen-bond donors (Lipinski definition) is 0. The van der Waals surface area contributed by atoms with Crippen LogP contribution in [-0.4, -0.2) is 25.1 Å². The van der Waals surface area contributed by atoms with Gasteiger partial charge in [0, 0.05) is 14.1 Å². The van der Waals surface area contributed by atoms with Crippen LogP contribution in [-0.2, 0) is 0 Å². The molecule has 0 atom stereocenters. The average Bonchev–Trinajstić information content (AvgIpc) is 2.18. The van der Waals surface area contributed by atoms with Gasteiger partial charge in [0.2, 0.25) is 0 Å². The molecule has 4 nitrogen and oxygen atoms in total. The summed E-state index contributed by atoms with van der Waals surface area (Å²) in [5.41, 5.74) is 1.37. The van der Waals surface area contributed by atoms with E-state index < -0.39 is 6.09 Å². The molecule has 1 amide bonds. The van der Waals surface area contributed by atoms with E-state index in [2.05, 4.69) is 4.85 Å². The van der Waals surface area contributed by atoms with Crippen molar-refractivity contribution in [2.45, 2.75) is 6.92 Å². The number of nitrogens with zero attached hydrogens (tertiary/aromatic N) is 2. The second-order valence-corrected chi connectivity index (χ2v) is 3.32. The topological polar surface area (TPSA) is 33.9 Å². The van der Waals surface area contributed by atoms with E-state index in [1.807, 2.05) is 0 Å². The van der Waals surface area contributed by atoms with Crippen LogP contribution in [0, 0.1) is 13.5 Å². The van der Waals surface area contributed by atoms with Crippen LogP contribution in [0.2, 0.25) is 0 Å². The minimum absolute atomic E-state index is 0.426. The van der Waals surface area contributed by atoms with Crippen molar-refractivity contribution in [3.8, 4) is 5.75 Å². The van der Waals surface area contributed by atoms with Crippen LogP contribution in [0.1, 0.15) is 5.56 Å². The monoisotopic (exact) mass is 204 g/mol. The van der Waals surface area contributed by atoms with Gasteiger partial charge < -0.3 is 9.64 Å². The Morgan fingerprint density at radius 1 is 1.47 bits per heavy atom. The SMILES string of the molecule is [C-]#[N+]c1ccc(OC(=O)N(C)C)cc1C. The third-order valence-electron chi connectivity index (χ3n) is 1.86. The summed E-state index contributed by atoms with van der Waals surface area (Å²) in [5, 5.41) is 0. The summed E-state index contributed by atoms with van der Waals surface area (Å²) >= 11 is 0. The third kappa shape index (κ3) is 2.71. The van der Waals surface area contributed by atoms with Gasteiger partial charge in [-0.25, -0.2) is 9.64 Å². The van der Waals surface area contributed by atoms with Gasteiger partial charge in [0.1, 0.15) is 5.75 Å². The molecule has 0 fully saturated rings. The van der Waals surface area contributed by atoms with Crippen LogP contribution in [0.4, 0.5) is 10.5 Å². The molecule has 78 valence electrons. The molecule has 0 aliphatic heterocycles. The predicted molar refractivity (Wildman–Crippen MR) is 57.2 cm³/mol. The van der Waals surface area contributed by atoms with E-state index in [4.69, 9.17) is 11.3 Å². The zero-order valence-electron chi connectivity index (χ0n) is 8.94. The number of amides is 1. The van der Waals surface area contributed by atoms with Gasteiger partial charge in [-0.15, -0.1) is 0 Å². The molecule has 0 heterocycles. The maximum Gasteiger partial charge on any atom is 0.414 e. The predicted octanol–water partition coefficient (Wildman–Crippen LogP) is 2.61. The lowest BCUT2D eigenvalue weighted by molar-refractivity contribution is 0.172. The molecular formula is C11H12N2O2. The Hall–Kier alpha value is -2.02. The maximum absolute atomic E-state index is 11.2. The lowest BCUT2D eigenvalue weighted by atomic mass is 10.2. The third-order valence-corrected chi connectivity index (χ3v) is 1.86. The van der Waals surface area contributed by atoms with Crippen molar-refractivity contribution in [1.29, 1.82) is 0 Å². The summed E-state index contributed by atoms with van der Waals surface area (Å²) in [7, 11) is 3.23. The minimum Gasteiger partial charge on any atom is -0.410 e. The van der Waals surface area contributed by atoms with Crippen LogP contribution < -0.4 is 4.74 Å². The van der Waals surface area contributed by atoms with E-state index >= 15 is 0 Å². The van der Waals surface area contributed by atoms with E-state index in [1.54, 1.807) is 39.2 Å². The molecule has 0 radical (unpaired) electrons. The van der Waals surface area contributed by atoms with Gasteiger partial charge >= 0.3 is 6.09 Å². The van der Waals surface area contributed by atoms with Crippen LogP contribution >= 0.6 is 0 Å². The highest BCUT2D eigenvalue weighted by Gasteiger charge is 2.07. The van der Waals surface area contributed by atoms with E-state index in [-0.39, 0.29) is 0 Å². The number of hydrogen-bond acceptors (Lipinski definition) is 2. The molecule has 1 aromatic carbocycles. The number of carbonyl (C=O) groups excluding carboxylic acids is 1. The van der Waals surface area contributed by atoms with E-state index in [0.29, 0.717) is 11.4 Å². The zero-order valence-corrected chi connectivity index (χ0v) is 8.94. The Kier molecular flexibility index (Phi) is 3.29. The lowest BCUT2D eigenvalue weighted by Gasteiger charge is -2.11. The van der Waals surface area contributed by atoms with Crippen molar-refractivity contribution in [3.63, 3.8) is 0 Å². The standard InChI is InChI=1S/C11H12N2O2/c1-8-7-9(5-6-10(8)12-2)15-11(14)13(3)4/h5-7H,1,3-4H3. The molecular weight excluding hydrogens is 192 g/mol. The molecule has 0 saturated heterocycles. The molecule has 0 saturated carbocycles. The molecule has 1 aromatic rings. The van der Waals surface area contributed by atoms with Crippen molar-refractivity contribution < 1.29 is 9.53 Å². The highest BCUT2D eigenvalue weighted by Crippen LogP contribution is 2.23. The fraction of sp³-hybridized carbons (Fsp3) is 0.273. The van der Waals surface area contributed by atoms with Crippen molar-refractivity contribution in [2.75, 3.05) is 14.1 Å². The maximum atomic E-state index is 11.2. The molecule has 0 spiro atoms. The highest BCUT2D eigenvalue weighted by molar-refractivity contribution is 5.70. The van der Waals surface area contributed by atoms with Gasteiger partial charge in [0.15, 0.2) is 5.69 Å². The first-order valence-electron chi connectivity index (χ1n) is 4.42. The van der Waals surface area contributed by atoms with Gasteiger partial charge in [-0.3, -0.25) is 0 Å². The molecule has 0 bridgehead atoms. The average molecular weight is 204 g/mol. The van der Waals surface area contributed by atoms with Crippen LogP contribution in [0.5, 0.6) is 5.75 Å². The van der Waals surface area contributed by atoms with E-state index in [9.17, 15) is 4.79 Å². The number of ether oxygens (including phenoxy) is 1. The van der Waals surface area contributed by atoms with Crippen molar-refractivity contribution >= 4 is 11.8 Å². The van der Waals surface area contributed by atoms with Gasteiger partial charge in [0.25, 0.3) is 0 Å². The first kappa shape index (κ1) is 11.1. The summed E-state index contributed by atoms with van der Waals surface area (Å²) in [6.07, 6.45) is -0.426. The van der Waals surface area contributed by atoms with Crippen LogP contribution in [0.15, 0.2) is 18.2 Å². The molecule has 0 aromatic heterocycles. The summed E-state index contributed by atoms with van der Waals surface area (Å²) in [4.78, 5) is 15.9. The van der Waals surface area contributed by atoms with Crippen molar-refractivity contribution in [1.82, 2.24) is 4.90 Å². The van der Waals surface area contributed by atoms with Gasteiger partial charge in [-0.05, 0) is 24.6 Å². The number of aryl methyl sites for hydroxylation is 1. The summed E-state index contributed by atoms with van der Waals surface area (Å²) in [6.45, 7) is 8.68. The Morgan fingerprint density at radius 3 is 2.60 bits per heavy atom. The van der Waals surface area contributed by atoms with E-state index in [1.165, 1.54) is 4.90 Å². The number of rotatable bonds is 1. The fourth-order valence-corrected chi connectivity index (χ4v) is 1.01. The quantitative estimate of drug-likeness (QED) is 0.659. The Bertz CT molecular complexity index is 419. The van der Waals surface area contributed by atoms with Gasteiger partial charge in [-0.2, -0.15) is 0 Å². The van der Waals surface area contributed by atoms with E-state index in [0.717, 1.165) is 5.56 Å². The Morgan fingerprint density at radius 2 is 2.13 bits per heavy atom. The normalized spacial score (nSPS) is 9.20. The second-order valence-electron chi connectivity index (χ2n) is 3.32. The zero-order chi connectivity index (χ0) is 11.4. The van der Waals surface area contributed by atoms with Gasteiger partial charge in [0.05, 0.1) is 6.57 Å². The largest absolute Gasteiger partial charge is 0.414 e. The lowest BCUT2D eigenvalue weighted by Crippen LogP contribution is -2.25. The second kappa shape index (κ2) is 4.47. The van der Waals surface area contributed by atoms with Crippen molar-refractivity contribution in [3.05, 3.63) is 35.2 Å². The molecule has 0 aliphatic carbocycles. The van der Waals surface area contributed by atoms with Crippen molar-refractivity contribution in [2.24, 2.45) is 0 Å². The molecule has 1 rings (SSSR count). The summed E-state index contributed by atoms with van der Waals surface area (Å²) < 4.78 is 5.04. The number of carbonyl (C=O) groups is 1. The minimum atomic E-state index is -0.426. The molecule has 4 heteroatoms. The van der Waals surface area contributed by atoms with Gasteiger partial charge in [-0.1, -0.05) is 6.07 Å². The molecule has 0 N–H and O–H groups in total. The summed E-state index contributed by atoms with van der Waals surface area (Å²) in [6, 6.07) is 4.93. The number of benzene rings is 1. The first-order chi connectivity index (χ1) is 7.04. The van der Waals surface area contributed by atoms with Crippen LogP contribution in [0.25, 0.3) is 4.85 Å². The molecule has 0 unspecified atom stereocenters. The molecule has 0 aliphatic rings. The highest BCUT2D eigenvalue weighted by atomic mass is 16.6. The molecule has 15 heavy (non-hydrogen) atoms. The smallest absolute Gasteiger partial charge is 0.410 e. The summed E-state index contributed by atoms with van der Waals surface area (Å²) in [5.74, 6) is 0.457. The fourth-order valence-electron chi connectivity index (χ4n) is 1.01. The Balaban J connectivity index is 2.86.